The van der Waals surface area contributed by atoms with Gasteiger partial charge in [-0.1, -0.05) is 5.21 Å². The zero-order valence-corrected chi connectivity index (χ0v) is 7.10. The van der Waals surface area contributed by atoms with Gasteiger partial charge in [-0.2, -0.15) is 0 Å². The van der Waals surface area contributed by atoms with Crippen molar-refractivity contribution >= 4 is 27.8 Å². The quantitative estimate of drug-likeness (QED) is 0.532. The van der Waals surface area contributed by atoms with E-state index in [1.165, 1.54) is 0 Å². The first-order valence-corrected chi connectivity index (χ1v) is 4.06. The number of rotatable bonds is 0. The molecule has 14 heavy (non-hydrogen) atoms. The normalized spacial score (nSPS) is 11.1. The Hall–Kier alpha value is -2.24. The molecule has 6 nitrogen and oxygen atoms in total. The Morgan fingerprint density at radius 2 is 2.21 bits per heavy atom. The lowest BCUT2D eigenvalue weighted by molar-refractivity contribution is 0.960. The molecule has 0 aromatic carbocycles. The van der Waals surface area contributed by atoms with E-state index in [9.17, 15) is 0 Å². The number of pyridine rings is 2. The molecule has 3 N–H and O–H groups in total. The van der Waals surface area contributed by atoms with Crippen molar-refractivity contribution in [3.63, 3.8) is 0 Å². The minimum atomic E-state index is 0.416. The zero-order chi connectivity index (χ0) is 9.54. The summed E-state index contributed by atoms with van der Waals surface area (Å²) in [5, 5.41) is 11.3. The van der Waals surface area contributed by atoms with E-state index in [4.69, 9.17) is 5.73 Å². The monoisotopic (exact) mass is 186 g/mol. The topological polar surface area (TPSA) is 93.4 Å². The van der Waals surface area contributed by atoms with Crippen molar-refractivity contribution in [2.45, 2.75) is 0 Å². The lowest BCUT2D eigenvalue weighted by atomic mass is 10.2. The van der Waals surface area contributed by atoms with Crippen LogP contribution in [-0.2, 0) is 0 Å². The molecule has 3 heterocycles. The SMILES string of the molecule is Nc1nccc2c1ncc1nn[nH]c12. The minimum Gasteiger partial charge on any atom is -0.382 e. The van der Waals surface area contributed by atoms with Gasteiger partial charge in [0.15, 0.2) is 0 Å². The van der Waals surface area contributed by atoms with Gasteiger partial charge in [-0.05, 0) is 6.07 Å². The molecular weight excluding hydrogens is 180 g/mol. The molecule has 0 aliphatic carbocycles. The van der Waals surface area contributed by atoms with Crippen molar-refractivity contribution in [3.8, 4) is 0 Å². The van der Waals surface area contributed by atoms with Gasteiger partial charge in [-0.25, -0.2) is 9.97 Å². The van der Waals surface area contributed by atoms with Crippen LogP contribution < -0.4 is 5.73 Å². The third kappa shape index (κ3) is 0.792. The van der Waals surface area contributed by atoms with Crippen LogP contribution in [-0.4, -0.2) is 25.4 Å². The van der Waals surface area contributed by atoms with Crippen LogP contribution in [0.25, 0.3) is 21.9 Å². The fourth-order valence-corrected chi connectivity index (χ4v) is 1.46. The lowest BCUT2D eigenvalue weighted by Crippen LogP contribution is -1.93. The number of anilines is 1. The average molecular weight is 186 g/mol. The number of nitrogens with zero attached hydrogens (tertiary/aromatic N) is 4. The van der Waals surface area contributed by atoms with Crippen molar-refractivity contribution in [2.24, 2.45) is 0 Å². The maximum Gasteiger partial charge on any atom is 0.150 e. The van der Waals surface area contributed by atoms with Crippen molar-refractivity contribution in [1.29, 1.82) is 0 Å². The van der Waals surface area contributed by atoms with Gasteiger partial charge < -0.3 is 5.73 Å². The zero-order valence-electron chi connectivity index (χ0n) is 7.10. The fraction of sp³-hybridized carbons (Fsp3) is 0. The van der Waals surface area contributed by atoms with Crippen LogP contribution in [0.4, 0.5) is 5.82 Å². The smallest absolute Gasteiger partial charge is 0.150 e. The van der Waals surface area contributed by atoms with Crippen LogP contribution in [0.3, 0.4) is 0 Å². The fourth-order valence-electron chi connectivity index (χ4n) is 1.46. The minimum absolute atomic E-state index is 0.416. The molecule has 0 spiro atoms. The molecule has 6 heteroatoms. The summed E-state index contributed by atoms with van der Waals surface area (Å²) >= 11 is 0. The summed E-state index contributed by atoms with van der Waals surface area (Å²) in [7, 11) is 0. The molecule has 3 aromatic heterocycles. The number of nitrogen functional groups attached to an aromatic ring is 1. The molecule has 3 rings (SSSR count). The van der Waals surface area contributed by atoms with Crippen LogP contribution >= 0.6 is 0 Å². The van der Waals surface area contributed by atoms with Crippen molar-refractivity contribution < 1.29 is 0 Å². The van der Waals surface area contributed by atoms with Crippen molar-refractivity contribution in [1.82, 2.24) is 25.4 Å². The predicted molar refractivity (Wildman–Crippen MR) is 51.4 cm³/mol. The van der Waals surface area contributed by atoms with Gasteiger partial charge in [-0.15, -0.1) is 5.10 Å². The number of hydrogen-bond donors (Lipinski definition) is 2. The number of nitrogens with two attached hydrogens (primary N) is 1. The number of nitrogens with one attached hydrogen (secondary N) is 1. The molecule has 0 aliphatic heterocycles. The molecule has 68 valence electrons. The van der Waals surface area contributed by atoms with E-state index in [0.717, 1.165) is 16.4 Å². The highest BCUT2D eigenvalue weighted by atomic mass is 15.3. The first-order chi connectivity index (χ1) is 6.86. The van der Waals surface area contributed by atoms with Gasteiger partial charge in [0.05, 0.1) is 11.7 Å². The summed E-state index contributed by atoms with van der Waals surface area (Å²) in [4.78, 5) is 8.13. The highest BCUT2D eigenvalue weighted by molar-refractivity contribution is 6.04. The Morgan fingerprint density at radius 1 is 1.29 bits per heavy atom. The van der Waals surface area contributed by atoms with Gasteiger partial charge in [0.1, 0.15) is 16.9 Å². The molecule has 0 amide bonds. The van der Waals surface area contributed by atoms with Crippen LogP contribution in [0.1, 0.15) is 0 Å². The van der Waals surface area contributed by atoms with E-state index in [0.29, 0.717) is 11.3 Å². The van der Waals surface area contributed by atoms with E-state index in [1.807, 2.05) is 6.07 Å². The van der Waals surface area contributed by atoms with Crippen LogP contribution in [0.15, 0.2) is 18.5 Å². The second kappa shape index (κ2) is 2.38. The van der Waals surface area contributed by atoms with Gasteiger partial charge in [-0.3, -0.25) is 5.10 Å². The Bertz CT molecular complexity index is 613. The number of aromatic nitrogens is 5. The van der Waals surface area contributed by atoms with Gasteiger partial charge >= 0.3 is 0 Å². The van der Waals surface area contributed by atoms with E-state index in [2.05, 4.69) is 25.4 Å². The largest absolute Gasteiger partial charge is 0.382 e. The second-order valence-electron chi connectivity index (χ2n) is 2.92. The standard InChI is InChI=1S/C8H6N6/c9-8-7-4(1-2-10-8)6-5(3-11-7)12-14-13-6/h1-3H,(H2,9,10)(H,12,13,14). The highest BCUT2D eigenvalue weighted by Crippen LogP contribution is 2.21. The molecule has 0 fully saturated rings. The summed E-state index contributed by atoms with van der Waals surface area (Å²) < 4.78 is 0. The van der Waals surface area contributed by atoms with E-state index < -0.39 is 0 Å². The predicted octanol–water partition coefficient (Wildman–Crippen LogP) is 0.483. The molecule has 3 aromatic rings. The van der Waals surface area contributed by atoms with Crippen molar-refractivity contribution in [2.75, 3.05) is 5.73 Å². The first-order valence-electron chi connectivity index (χ1n) is 4.06. The maximum absolute atomic E-state index is 5.69. The average Bonchev–Trinajstić information content (AvgIpc) is 2.66. The summed E-state index contributed by atoms with van der Waals surface area (Å²) in [6.07, 6.45) is 3.26. The maximum atomic E-state index is 5.69. The molecule has 0 saturated heterocycles. The highest BCUT2D eigenvalue weighted by Gasteiger charge is 2.06. The van der Waals surface area contributed by atoms with E-state index >= 15 is 0 Å². The van der Waals surface area contributed by atoms with Gasteiger partial charge in [0.25, 0.3) is 0 Å². The Balaban J connectivity index is 2.64. The third-order valence-electron chi connectivity index (χ3n) is 2.11. The molecule has 0 bridgehead atoms. The molecular formula is C8H6N6. The van der Waals surface area contributed by atoms with Crippen LogP contribution in [0, 0.1) is 0 Å². The Kier molecular flexibility index (Phi) is 1.22. The third-order valence-corrected chi connectivity index (χ3v) is 2.11. The molecule has 0 atom stereocenters. The summed E-state index contributed by atoms with van der Waals surface area (Å²) in [6.45, 7) is 0. The Morgan fingerprint density at radius 3 is 3.14 bits per heavy atom. The molecule has 0 saturated carbocycles. The molecule has 0 unspecified atom stereocenters. The number of H-pyrrole nitrogens is 1. The number of hydrogen-bond acceptors (Lipinski definition) is 5. The summed E-state index contributed by atoms with van der Waals surface area (Å²) in [6, 6.07) is 1.83. The first kappa shape index (κ1) is 7.19. The Labute approximate surface area is 78.2 Å². The van der Waals surface area contributed by atoms with E-state index in [1.54, 1.807) is 12.4 Å². The van der Waals surface area contributed by atoms with Gasteiger partial charge in [0.2, 0.25) is 0 Å². The summed E-state index contributed by atoms with van der Waals surface area (Å²) in [5.74, 6) is 0.416. The molecule has 0 radical (unpaired) electrons. The van der Waals surface area contributed by atoms with Crippen molar-refractivity contribution in [3.05, 3.63) is 18.5 Å². The van der Waals surface area contributed by atoms with Gasteiger partial charge in [0, 0.05) is 11.6 Å². The second-order valence-corrected chi connectivity index (χ2v) is 2.92. The number of fused-ring (bicyclic) bond motifs is 3. The lowest BCUT2D eigenvalue weighted by Gasteiger charge is -1.98. The van der Waals surface area contributed by atoms with Crippen LogP contribution in [0.5, 0.6) is 0 Å². The number of aromatic amines is 1. The van der Waals surface area contributed by atoms with E-state index in [-0.39, 0.29) is 0 Å². The van der Waals surface area contributed by atoms with Crippen LogP contribution in [0.2, 0.25) is 0 Å². The molecule has 0 aliphatic rings. The summed E-state index contributed by atoms with van der Waals surface area (Å²) in [5.41, 5.74) is 7.92.